The number of hydrogen-bond donors (Lipinski definition) is 2. The van der Waals surface area contributed by atoms with Crippen molar-refractivity contribution in [2.45, 2.75) is 38.5 Å². The van der Waals surface area contributed by atoms with Crippen LogP contribution in [-0.2, 0) is 9.59 Å². The molecule has 0 unspecified atom stereocenters. The Morgan fingerprint density at radius 2 is 1.66 bits per heavy atom. The number of aromatic nitrogens is 1. The normalized spacial score (nSPS) is 20.1. The highest BCUT2D eigenvalue weighted by molar-refractivity contribution is 6.30. The maximum Gasteiger partial charge on any atom is 0.294 e. The van der Waals surface area contributed by atoms with Crippen LogP contribution < -0.4 is 10.6 Å². The van der Waals surface area contributed by atoms with E-state index in [2.05, 4.69) is 15.6 Å². The number of hydrogen-bond acceptors (Lipinski definition) is 5. The van der Waals surface area contributed by atoms with Gasteiger partial charge in [0, 0.05) is 36.5 Å². The molecule has 182 valence electrons. The molecule has 2 fully saturated rings. The van der Waals surface area contributed by atoms with Crippen molar-refractivity contribution >= 4 is 51.8 Å². The Morgan fingerprint density at radius 3 is 2.37 bits per heavy atom. The van der Waals surface area contributed by atoms with E-state index in [1.165, 1.54) is 6.20 Å². The molecule has 1 saturated carbocycles. The lowest BCUT2D eigenvalue weighted by atomic mass is 9.81. The quantitative estimate of drug-likeness (QED) is 0.513. The van der Waals surface area contributed by atoms with E-state index in [0.717, 1.165) is 25.9 Å². The van der Waals surface area contributed by atoms with E-state index >= 15 is 0 Å². The molecule has 1 aliphatic carbocycles. The monoisotopic (exact) mass is 494 g/mol. The third kappa shape index (κ3) is 5.03. The van der Waals surface area contributed by atoms with Crippen molar-refractivity contribution in [2.24, 2.45) is 11.8 Å². The number of rotatable bonds is 5. The number of carbonyl (C=O) groups excluding carboxylic acids is 3. The zero-order chi connectivity index (χ0) is 24.4. The number of amides is 3. The molecule has 1 aromatic carbocycles. The molecule has 2 aromatic heterocycles. The molecule has 3 heterocycles. The van der Waals surface area contributed by atoms with Crippen LogP contribution in [0.4, 0.5) is 11.5 Å². The van der Waals surface area contributed by atoms with E-state index in [0.29, 0.717) is 53.2 Å². The van der Waals surface area contributed by atoms with Crippen LogP contribution in [0.2, 0.25) is 5.02 Å². The van der Waals surface area contributed by atoms with Gasteiger partial charge in [-0.1, -0.05) is 23.7 Å². The van der Waals surface area contributed by atoms with Crippen molar-refractivity contribution in [1.29, 1.82) is 0 Å². The third-order valence-corrected chi connectivity index (χ3v) is 7.11. The Bertz CT molecular complexity index is 1240. The molecular weight excluding hydrogens is 468 g/mol. The summed E-state index contributed by atoms with van der Waals surface area (Å²) in [6.07, 6.45) is 6.27. The molecule has 2 N–H and O–H groups in total. The van der Waals surface area contributed by atoms with Gasteiger partial charge in [-0.05, 0) is 62.8 Å². The number of nitrogens with one attached hydrogen (secondary N) is 2. The van der Waals surface area contributed by atoms with Gasteiger partial charge >= 0.3 is 0 Å². The van der Waals surface area contributed by atoms with Crippen molar-refractivity contribution in [2.75, 3.05) is 23.7 Å². The van der Waals surface area contributed by atoms with Crippen LogP contribution in [0.3, 0.4) is 0 Å². The Balaban J connectivity index is 1.29. The second-order valence-electron chi connectivity index (χ2n) is 9.19. The van der Waals surface area contributed by atoms with Gasteiger partial charge in [0.1, 0.15) is 17.1 Å². The van der Waals surface area contributed by atoms with Gasteiger partial charge in [0.15, 0.2) is 0 Å². The van der Waals surface area contributed by atoms with Crippen molar-refractivity contribution in [3.8, 4) is 0 Å². The SMILES string of the molecule is O=C(Nc1ccc(Cl)cn1)c1oc2ccccc2c1NC(=O)[C@H]1CC[C@H](C(=O)N2CCCC2)CC1. The molecule has 0 bridgehead atoms. The van der Waals surface area contributed by atoms with Gasteiger partial charge in [0.25, 0.3) is 5.91 Å². The molecule has 35 heavy (non-hydrogen) atoms. The van der Waals surface area contributed by atoms with Crippen LogP contribution in [0.1, 0.15) is 49.1 Å². The summed E-state index contributed by atoms with van der Waals surface area (Å²) in [6.45, 7) is 1.70. The van der Waals surface area contributed by atoms with Gasteiger partial charge in [-0.3, -0.25) is 14.4 Å². The number of halogens is 1. The van der Waals surface area contributed by atoms with Crippen molar-refractivity contribution in [3.63, 3.8) is 0 Å². The number of carbonyl (C=O) groups is 3. The third-order valence-electron chi connectivity index (χ3n) is 6.88. The molecule has 2 aliphatic rings. The Hall–Kier alpha value is -3.39. The molecule has 5 rings (SSSR count). The fourth-order valence-corrected chi connectivity index (χ4v) is 5.09. The zero-order valence-electron chi connectivity index (χ0n) is 19.3. The fourth-order valence-electron chi connectivity index (χ4n) is 4.98. The summed E-state index contributed by atoms with van der Waals surface area (Å²) in [7, 11) is 0. The first-order valence-electron chi connectivity index (χ1n) is 12.0. The summed E-state index contributed by atoms with van der Waals surface area (Å²) in [5.74, 6) is -0.349. The molecule has 0 atom stereocenters. The van der Waals surface area contributed by atoms with Gasteiger partial charge in [-0.25, -0.2) is 4.98 Å². The first-order chi connectivity index (χ1) is 17.0. The predicted octanol–water partition coefficient (Wildman–Crippen LogP) is 5.10. The maximum absolute atomic E-state index is 13.2. The Labute approximate surface area is 208 Å². The summed E-state index contributed by atoms with van der Waals surface area (Å²) in [5.41, 5.74) is 0.837. The molecule has 1 aliphatic heterocycles. The topological polar surface area (TPSA) is 105 Å². The molecule has 9 heteroatoms. The molecule has 8 nitrogen and oxygen atoms in total. The number of furan rings is 1. The first kappa shape index (κ1) is 23.4. The largest absolute Gasteiger partial charge is 0.449 e. The van der Waals surface area contributed by atoms with E-state index in [-0.39, 0.29) is 29.4 Å². The fraction of sp³-hybridized carbons (Fsp3) is 0.385. The highest BCUT2D eigenvalue weighted by Crippen LogP contribution is 2.35. The van der Waals surface area contributed by atoms with Crippen LogP contribution in [0.5, 0.6) is 0 Å². The number of benzene rings is 1. The molecule has 0 radical (unpaired) electrons. The van der Waals surface area contributed by atoms with Crippen molar-refractivity contribution in [3.05, 3.63) is 53.4 Å². The number of para-hydroxylation sites is 1. The van der Waals surface area contributed by atoms with E-state index in [1.54, 1.807) is 30.3 Å². The minimum Gasteiger partial charge on any atom is -0.449 e. The summed E-state index contributed by atoms with van der Waals surface area (Å²) in [5, 5.41) is 6.74. The lowest BCUT2D eigenvalue weighted by Gasteiger charge is -2.29. The van der Waals surface area contributed by atoms with Gasteiger partial charge in [0.2, 0.25) is 17.6 Å². The smallest absolute Gasteiger partial charge is 0.294 e. The van der Waals surface area contributed by atoms with Gasteiger partial charge in [-0.2, -0.15) is 0 Å². The minimum absolute atomic E-state index is 0.000111. The lowest BCUT2D eigenvalue weighted by molar-refractivity contribution is -0.136. The Kier molecular flexibility index (Phi) is 6.72. The maximum atomic E-state index is 13.2. The summed E-state index contributed by atoms with van der Waals surface area (Å²) in [4.78, 5) is 45.0. The highest BCUT2D eigenvalue weighted by atomic mass is 35.5. The Morgan fingerprint density at radius 1 is 0.943 bits per heavy atom. The molecule has 3 amide bonds. The molecule has 1 saturated heterocycles. The number of nitrogens with zero attached hydrogens (tertiary/aromatic N) is 2. The average molecular weight is 495 g/mol. The molecule has 3 aromatic rings. The summed E-state index contributed by atoms with van der Waals surface area (Å²) >= 11 is 5.87. The zero-order valence-corrected chi connectivity index (χ0v) is 20.0. The number of pyridine rings is 1. The number of anilines is 2. The number of fused-ring (bicyclic) bond motifs is 1. The summed E-state index contributed by atoms with van der Waals surface area (Å²) < 4.78 is 5.82. The second-order valence-corrected chi connectivity index (χ2v) is 9.62. The second kappa shape index (κ2) is 10.1. The standard InChI is InChI=1S/C26H27ClN4O4/c27-18-11-12-21(28-15-18)29-25(33)23-22(19-5-1-2-6-20(19)35-23)30-24(32)16-7-9-17(10-8-16)26(34)31-13-3-4-14-31/h1-2,5-6,11-12,15-17H,3-4,7-10,13-14H2,(H,30,32)(H,28,29,33)/t16-,17-. The van der Waals surface area contributed by atoms with Gasteiger partial charge < -0.3 is 20.0 Å². The number of likely N-dealkylation sites (tertiary alicyclic amines) is 1. The predicted molar refractivity (Wildman–Crippen MR) is 133 cm³/mol. The molecule has 0 spiro atoms. The van der Waals surface area contributed by atoms with Crippen LogP contribution >= 0.6 is 11.6 Å². The van der Waals surface area contributed by atoms with Crippen LogP contribution in [0.15, 0.2) is 47.0 Å². The van der Waals surface area contributed by atoms with Gasteiger partial charge in [-0.15, -0.1) is 0 Å². The van der Waals surface area contributed by atoms with Crippen molar-refractivity contribution in [1.82, 2.24) is 9.88 Å². The van der Waals surface area contributed by atoms with Crippen LogP contribution in [-0.4, -0.2) is 40.7 Å². The van der Waals surface area contributed by atoms with E-state index in [4.69, 9.17) is 16.0 Å². The van der Waals surface area contributed by atoms with Crippen LogP contribution in [0, 0.1) is 11.8 Å². The molecular formula is C26H27ClN4O4. The average Bonchev–Trinajstić information content (AvgIpc) is 3.54. The first-order valence-corrected chi connectivity index (χ1v) is 12.4. The van der Waals surface area contributed by atoms with Crippen molar-refractivity contribution < 1.29 is 18.8 Å². The van der Waals surface area contributed by atoms with Crippen LogP contribution in [0.25, 0.3) is 11.0 Å². The highest BCUT2D eigenvalue weighted by Gasteiger charge is 2.34. The summed E-state index contributed by atoms with van der Waals surface area (Å²) in [6, 6.07) is 10.4. The van der Waals surface area contributed by atoms with E-state index in [9.17, 15) is 14.4 Å². The van der Waals surface area contributed by atoms with Gasteiger partial charge in [0.05, 0.1) is 5.02 Å². The van der Waals surface area contributed by atoms with E-state index < -0.39 is 5.91 Å². The minimum atomic E-state index is -0.522. The van der Waals surface area contributed by atoms with E-state index in [1.807, 2.05) is 11.0 Å². The lowest BCUT2D eigenvalue weighted by Crippen LogP contribution is -2.37.